The molecule has 1 aliphatic heterocycles. The molecular formula is C17H19N5O2. The summed E-state index contributed by atoms with van der Waals surface area (Å²) in [5.41, 5.74) is 2.27. The normalized spacial score (nSPS) is 14.3. The lowest BCUT2D eigenvalue weighted by molar-refractivity contribution is -0.118. The van der Waals surface area contributed by atoms with Gasteiger partial charge in [0, 0.05) is 57.0 Å². The molecule has 2 aromatic rings. The molecule has 0 aliphatic carbocycles. The molecule has 124 valence electrons. The van der Waals surface area contributed by atoms with Crippen LogP contribution in [0.4, 0.5) is 5.69 Å². The predicted molar refractivity (Wildman–Crippen MR) is 89.5 cm³/mol. The van der Waals surface area contributed by atoms with Crippen LogP contribution in [0, 0.1) is 0 Å². The molecule has 1 N–H and O–H groups in total. The Kier molecular flexibility index (Phi) is 5.00. The van der Waals surface area contributed by atoms with Gasteiger partial charge in [-0.15, -0.1) is 0 Å². The first kappa shape index (κ1) is 15.9. The standard InChI is InChI=1S/C17H19N5O2/c23-13-21-6-8-22(9-7-21)15-3-5-19-16(10-15)17(24)20-12-14-2-1-4-18-11-14/h1-5,10-11,13H,6-9,12H2,(H,20,24). The highest BCUT2D eigenvalue weighted by molar-refractivity contribution is 5.93. The number of carbonyl (C=O) groups is 2. The van der Waals surface area contributed by atoms with Crippen LogP contribution in [0.2, 0.25) is 0 Å². The molecule has 0 aromatic carbocycles. The molecule has 3 heterocycles. The van der Waals surface area contributed by atoms with E-state index in [1.807, 2.05) is 18.2 Å². The number of hydrogen-bond acceptors (Lipinski definition) is 5. The van der Waals surface area contributed by atoms with Crippen LogP contribution < -0.4 is 10.2 Å². The van der Waals surface area contributed by atoms with Crippen molar-refractivity contribution in [2.45, 2.75) is 6.54 Å². The van der Waals surface area contributed by atoms with Gasteiger partial charge < -0.3 is 15.1 Å². The third kappa shape index (κ3) is 3.87. The molecule has 0 radical (unpaired) electrons. The van der Waals surface area contributed by atoms with Gasteiger partial charge in [-0.1, -0.05) is 6.07 Å². The zero-order valence-electron chi connectivity index (χ0n) is 13.3. The SMILES string of the molecule is O=CN1CCN(c2ccnc(C(=O)NCc3cccnc3)c2)CC1. The third-order valence-electron chi connectivity index (χ3n) is 3.98. The zero-order chi connectivity index (χ0) is 16.8. The summed E-state index contributed by atoms with van der Waals surface area (Å²) in [5.74, 6) is -0.216. The van der Waals surface area contributed by atoms with Crippen molar-refractivity contribution in [3.05, 3.63) is 54.1 Å². The fourth-order valence-electron chi connectivity index (χ4n) is 2.60. The smallest absolute Gasteiger partial charge is 0.270 e. The van der Waals surface area contributed by atoms with E-state index in [1.165, 1.54) is 0 Å². The largest absolute Gasteiger partial charge is 0.368 e. The predicted octanol–water partition coefficient (Wildman–Crippen LogP) is 0.685. The summed E-state index contributed by atoms with van der Waals surface area (Å²) >= 11 is 0. The number of piperazine rings is 1. The maximum absolute atomic E-state index is 12.3. The van der Waals surface area contributed by atoms with Gasteiger partial charge in [-0.05, 0) is 23.8 Å². The monoisotopic (exact) mass is 325 g/mol. The molecule has 7 nitrogen and oxygen atoms in total. The maximum Gasteiger partial charge on any atom is 0.270 e. The zero-order valence-corrected chi connectivity index (χ0v) is 13.3. The van der Waals surface area contributed by atoms with E-state index in [-0.39, 0.29) is 5.91 Å². The van der Waals surface area contributed by atoms with Crippen molar-refractivity contribution in [2.24, 2.45) is 0 Å². The minimum absolute atomic E-state index is 0.216. The lowest BCUT2D eigenvalue weighted by atomic mass is 10.2. The lowest BCUT2D eigenvalue weighted by Crippen LogP contribution is -2.45. The fourth-order valence-corrected chi connectivity index (χ4v) is 2.60. The summed E-state index contributed by atoms with van der Waals surface area (Å²) in [6.45, 7) is 3.29. The molecule has 24 heavy (non-hydrogen) atoms. The van der Waals surface area contributed by atoms with E-state index in [0.29, 0.717) is 25.3 Å². The van der Waals surface area contributed by atoms with Crippen LogP contribution in [-0.2, 0) is 11.3 Å². The van der Waals surface area contributed by atoms with Gasteiger partial charge in [0.2, 0.25) is 6.41 Å². The Morgan fingerprint density at radius 2 is 2.04 bits per heavy atom. The van der Waals surface area contributed by atoms with Crippen LogP contribution in [-0.4, -0.2) is 53.4 Å². The highest BCUT2D eigenvalue weighted by Gasteiger charge is 2.17. The minimum Gasteiger partial charge on any atom is -0.368 e. The number of amides is 2. The van der Waals surface area contributed by atoms with Crippen molar-refractivity contribution in [3.63, 3.8) is 0 Å². The van der Waals surface area contributed by atoms with Gasteiger partial charge in [-0.3, -0.25) is 19.6 Å². The van der Waals surface area contributed by atoms with Crippen molar-refractivity contribution in [2.75, 3.05) is 31.1 Å². The number of aromatic nitrogens is 2. The van der Waals surface area contributed by atoms with Gasteiger partial charge in [-0.2, -0.15) is 0 Å². The quantitative estimate of drug-likeness (QED) is 0.818. The van der Waals surface area contributed by atoms with E-state index in [2.05, 4.69) is 20.2 Å². The molecule has 1 fully saturated rings. The molecule has 1 aliphatic rings. The van der Waals surface area contributed by atoms with Crippen LogP contribution in [0.25, 0.3) is 0 Å². The van der Waals surface area contributed by atoms with E-state index in [0.717, 1.165) is 30.8 Å². The number of hydrogen-bond donors (Lipinski definition) is 1. The van der Waals surface area contributed by atoms with E-state index in [4.69, 9.17) is 0 Å². The summed E-state index contributed by atoms with van der Waals surface area (Å²) in [5, 5.41) is 2.85. The Labute approximate surface area is 140 Å². The summed E-state index contributed by atoms with van der Waals surface area (Å²) in [6, 6.07) is 7.41. The first-order chi connectivity index (χ1) is 11.8. The van der Waals surface area contributed by atoms with Gasteiger partial charge >= 0.3 is 0 Å². The summed E-state index contributed by atoms with van der Waals surface area (Å²) in [7, 11) is 0. The number of carbonyl (C=O) groups excluding carboxylic acids is 2. The molecule has 2 aromatic heterocycles. The van der Waals surface area contributed by atoms with E-state index in [1.54, 1.807) is 29.6 Å². The molecule has 1 saturated heterocycles. The number of rotatable bonds is 5. The van der Waals surface area contributed by atoms with Crippen LogP contribution in [0.5, 0.6) is 0 Å². The van der Waals surface area contributed by atoms with Gasteiger partial charge in [-0.25, -0.2) is 0 Å². The molecule has 0 spiro atoms. The summed E-state index contributed by atoms with van der Waals surface area (Å²) < 4.78 is 0. The number of nitrogens with one attached hydrogen (secondary N) is 1. The second kappa shape index (κ2) is 7.54. The molecule has 7 heteroatoms. The number of nitrogens with zero attached hydrogens (tertiary/aromatic N) is 4. The van der Waals surface area contributed by atoms with Gasteiger partial charge in [0.25, 0.3) is 5.91 Å². The Morgan fingerprint density at radius 3 is 2.75 bits per heavy atom. The van der Waals surface area contributed by atoms with E-state index in [9.17, 15) is 9.59 Å². The molecule has 0 saturated carbocycles. The second-order valence-electron chi connectivity index (χ2n) is 5.57. The van der Waals surface area contributed by atoms with Crippen LogP contribution >= 0.6 is 0 Å². The van der Waals surface area contributed by atoms with Crippen molar-refractivity contribution < 1.29 is 9.59 Å². The Hall–Kier alpha value is -2.96. The van der Waals surface area contributed by atoms with E-state index >= 15 is 0 Å². The third-order valence-corrected chi connectivity index (χ3v) is 3.98. The molecule has 0 bridgehead atoms. The molecule has 0 unspecified atom stereocenters. The molecule has 0 atom stereocenters. The maximum atomic E-state index is 12.3. The van der Waals surface area contributed by atoms with Crippen molar-refractivity contribution >= 4 is 18.0 Å². The highest BCUT2D eigenvalue weighted by Crippen LogP contribution is 2.16. The Bertz CT molecular complexity index is 699. The first-order valence-corrected chi connectivity index (χ1v) is 7.84. The minimum atomic E-state index is -0.216. The lowest BCUT2D eigenvalue weighted by Gasteiger charge is -2.34. The number of anilines is 1. The molecule has 3 rings (SSSR count). The summed E-state index contributed by atoms with van der Waals surface area (Å²) in [4.78, 5) is 35.1. The van der Waals surface area contributed by atoms with Crippen molar-refractivity contribution in [1.82, 2.24) is 20.2 Å². The first-order valence-electron chi connectivity index (χ1n) is 7.84. The second-order valence-corrected chi connectivity index (χ2v) is 5.57. The average molecular weight is 325 g/mol. The van der Waals surface area contributed by atoms with Gasteiger partial charge in [0.1, 0.15) is 5.69 Å². The van der Waals surface area contributed by atoms with Crippen LogP contribution in [0.15, 0.2) is 42.9 Å². The van der Waals surface area contributed by atoms with Crippen LogP contribution in [0.1, 0.15) is 16.1 Å². The average Bonchev–Trinajstić information content (AvgIpc) is 2.67. The Balaban J connectivity index is 1.62. The van der Waals surface area contributed by atoms with Gasteiger partial charge in [0.15, 0.2) is 0 Å². The number of pyridine rings is 2. The molecule has 2 amide bonds. The van der Waals surface area contributed by atoms with Crippen LogP contribution in [0.3, 0.4) is 0 Å². The van der Waals surface area contributed by atoms with Crippen molar-refractivity contribution in [1.29, 1.82) is 0 Å². The highest BCUT2D eigenvalue weighted by atomic mass is 16.2. The molecular weight excluding hydrogens is 306 g/mol. The topological polar surface area (TPSA) is 78.4 Å². The Morgan fingerprint density at radius 1 is 1.21 bits per heavy atom. The van der Waals surface area contributed by atoms with Crippen molar-refractivity contribution in [3.8, 4) is 0 Å². The van der Waals surface area contributed by atoms with Gasteiger partial charge in [0.05, 0.1) is 0 Å². The fraction of sp³-hybridized carbons (Fsp3) is 0.294. The summed E-state index contributed by atoms with van der Waals surface area (Å²) in [6.07, 6.45) is 5.93. The van der Waals surface area contributed by atoms with E-state index < -0.39 is 0 Å².